The van der Waals surface area contributed by atoms with Crippen LogP contribution in [0.25, 0.3) is 0 Å². The van der Waals surface area contributed by atoms with E-state index in [0.29, 0.717) is 19.6 Å². The molecule has 0 spiro atoms. The first-order chi connectivity index (χ1) is 13.4. The Kier molecular flexibility index (Phi) is 4.66. The van der Waals surface area contributed by atoms with E-state index in [-0.39, 0.29) is 23.6 Å². The number of piperidine rings is 1. The van der Waals surface area contributed by atoms with E-state index in [4.69, 9.17) is 0 Å². The van der Waals surface area contributed by atoms with Gasteiger partial charge in [0.05, 0.1) is 23.7 Å². The first-order valence-corrected chi connectivity index (χ1v) is 10.0. The van der Waals surface area contributed by atoms with Crippen LogP contribution in [0.5, 0.6) is 0 Å². The van der Waals surface area contributed by atoms with Crippen molar-refractivity contribution in [1.29, 1.82) is 0 Å². The smallest absolute Gasteiger partial charge is 0.331 e. The van der Waals surface area contributed by atoms with Crippen LogP contribution in [0.15, 0.2) is 26.5 Å². The number of carbonyl (C=O) groups is 2. The van der Waals surface area contributed by atoms with E-state index < -0.39 is 17.2 Å². The quantitative estimate of drug-likeness (QED) is 0.707. The molecule has 0 saturated carbocycles. The molecule has 2 aromatic heterocycles. The summed E-state index contributed by atoms with van der Waals surface area (Å²) in [5.41, 5.74) is 1.56. The third kappa shape index (κ3) is 3.07. The molecule has 3 aliphatic rings. The fourth-order valence-electron chi connectivity index (χ4n) is 4.00. The summed E-state index contributed by atoms with van der Waals surface area (Å²) < 4.78 is 2.15. The summed E-state index contributed by atoms with van der Waals surface area (Å²) in [5, 5.41) is 1.92. The molecule has 9 nitrogen and oxygen atoms in total. The number of aromatic nitrogens is 3. The van der Waals surface area contributed by atoms with Gasteiger partial charge in [-0.05, 0) is 12.8 Å². The van der Waals surface area contributed by atoms with Crippen molar-refractivity contribution in [2.45, 2.75) is 25.4 Å². The molecule has 2 aromatic rings. The second kappa shape index (κ2) is 7.01. The molecule has 148 valence electrons. The zero-order valence-corrected chi connectivity index (χ0v) is 16.5. The van der Waals surface area contributed by atoms with Crippen LogP contribution in [-0.4, -0.2) is 54.9 Å². The minimum Gasteiger partial charge on any atom is -0.335 e. The maximum Gasteiger partial charge on any atom is 0.331 e. The Morgan fingerprint density at radius 2 is 1.96 bits per heavy atom. The number of nitrogens with zero attached hydrogens (tertiary/aromatic N) is 5. The number of amides is 2. The van der Waals surface area contributed by atoms with Gasteiger partial charge in [0, 0.05) is 44.7 Å². The van der Waals surface area contributed by atoms with E-state index in [1.165, 1.54) is 36.1 Å². The Morgan fingerprint density at radius 3 is 2.68 bits per heavy atom. The van der Waals surface area contributed by atoms with Gasteiger partial charge in [-0.25, -0.2) is 9.78 Å². The molecule has 3 fully saturated rings. The molecule has 2 amide bonds. The molecule has 3 aliphatic heterocycles. The van der Waals surface area contributed by atoms with Crippen molar-refractivity contribution in [2.24, 2.45) is 20.0 Å². The number of hydrogen-bond acceptors (Lipinski definition) is 6. The van der Waals surface area contributed by atoms with Crippen molar-refractivity contribution in [3.63, 3.8) is 0 Å². The van der Waals surface area contributed by atoms with Crippen LogP contribution >= 0.6 is 11.3 Å². The number of hydrogen-bond donors (Lipinski definition) is 0. The summed E-state index contributed by atoms with van der Waals surface area (Å²) in [7, 11) is 2.85. The molecular formula is C18H21N5O4S. The SMILES string of the molecule is Cn1c(C(=O)N2C[C@@H]3CC[C@H](C2)N(Cc2cscn2)C3=O)cc(=O)n(C)c1=O. The topological polar surface area (TPSA) is 97.5 Å². The fourth-order valence-corrected chi connectivity index (χ4v) is 4.55. The lowest BCUT2D eigenvalue weighted by Gasteiger charge is -2.35. The molecule has 5 heterocycles. The minimum absolute atomic E-state index is 0.0393. The third-order valence-corrected chi connectivity index (χ3v) is 6.28. The summed E-state index contributed by atoms with van der Waals surface area (Å²) in [5.74, 6) is -0.625. The fraction of sp³-hybridized carbons (Fsp3) is 0.500. The second-order valence-electron chi connectivity index (χ2n) is 7.35. The van der Waals surface area contributed by atoms with E-state index in [0.717, 1.165) is 23.1 Å². The number of thiazole rings is 1. The van der Waals surface area contributed by atoms with E-state index in [2.05, 4.69) is 4.98 Å². The van der Waals surface area contributed by atoms with Crippen molar-refractivity contribution >= 4 is 23.2 Å². The Balaban J connectivity index is 1.63. The summed E-state index contributed by atoms with van der Waals surface area (Å²) in [6, 6.07) is 1.09. The molecule has 3 saturated heterocycles. The van der Waals surface area contributed by atoms with Crippen LogP contribution in [0, 0.1) is 5.92 Å². The lowest BCUT2D eigenvalue weighted by atomic mass is 9.94. The molecule has 0 N–H and O–H groups in total. The van der Waals surface area contributed by atoms with E-state index in [1.807, 2.05) is 10.3 Å². The van der Waals surface area contributed by atoms with E-state index in [9.17, 15) is 19.2 Å². The van der Waals surface area contributed by atoms with Crippen molar-refractivity contribution in [3.05, 3.63) is 49.2 Å². The zero-order valence-electron chi connectivity index (χ0n) is 15.7. The predicted octanol–water partition coefficient (Wildman–Crippen LogP) is -0.196. The van der Waals surface area contributed by atoms with E-state index >= 15 is 0 Å². The van der Waals surface area contributed by atoms with E-state index in [1.54, 1.807) is 10.4 Å². The van der Waals surface area contributed by atoms with Gasteiger partial charge in [-0.2, -0.15) is 0 Å². The average Bonchev–Trinajstić information content (AvgIpc) is 3.05. The second-order valence-corrected chi connectivity index (χ2v) is 8.07. The maximum atomic E-state index is 13.1. The van der Waals surface area contributed by atoms with Crippen molar-refractivity contribution < 1.29 is 9.59 Å². The van der Waals surface area contributed by atoms with Gasteiger partial charge >= 0.3 is 5.69 Å². The highest BCUT2D eigenvalue weighted by atomic mass is 32.1. The van der Waals surface area contributed by atoms with Crippen LogP contribution in [-0.2, 0) is 25.4 Å². The number of rotatable bonds is 3. The number of fused-ring (bicyclic) bond motifs is 4. The maximum absolute atomic E-state index is 13.1. The van der Waals surface area contributed by atoms with Crippen LogP contribution in [0.3, 0.4) is 0 Å². The Labute approximate surface area is 164 Å². The van der Waals surface area contributed by atoms with Gasteiger partial charge in [-0.15, -0.1) is 11.3 Å². The van der Waals surface area contributed by atoms with Crippen LogP contribution in [0.4, 0.5) is 0 Å². The first-order valence-electron chi connectivity index (χ1n) is 9.10. The van der Waals surface area contributed by atoms with Crippen LogP contribution < -0.4 is 11.2 Å². The molecule has 28 heavy (non-hydrogen) atoms. The molecule has 0 radical (unpaired) electrons. The Morgan fingerprint density at radius 1 is 1.18 bits per heavy atom. The molecule has 0 unspecified atom stereocenters. The van der Waals surface area contributed by atoms with Crippen LogP contribution in [0.2, 0.25) is 0 Å². The number of carbonyl (C=O) groups excluding carboxylic acids is 2. The minimum atomic E-state index is -0.546. The lowest BCUT2D eigenvalue weighted by Crippen LogP contribution is -2.47. The molecule has 2 atom stereocenters. The van der Waals surface area contributed by atoms with Gasteiger partial charge in [0.1, 0.15) is 5.69 Å². The summed E-state index contributed by atoms with van der Waals surface area (Å²) in [6.07, 6.45) is 1.55. The summed E-state index contributed by atoms with van der Waals surface area (Å²) >= 11 is 1.49. The molecule has 0 aromatic carbocycles. The summed E-state index contributed by atoms with van der Waals surface area (Å²) in [6.45, 7) is 1.12. The van der Waals surface area contributed by atoms with Crippen LogP contribution in [0.1, 0.15) is 29.0 Å². The van der Waals surface area contributed by atoms with Gasteiger partial charge in [0.15, 0.2) is 0 Å². The molecule has 10 heteroatoms. The first kappa shape index (κ1) is 18.6. The van der Waals surface area contributed by atoms with Gasteiger partial charge in [-0.1, -0.05) is 0 Å². The molecule has 0 aliphatic carbocycles. The van der Waals surface area contributed by atoms with Gasteiger partial charge < -0.3 is 9.80 Å². The molecule has 2 bridgehead atoms. The zero-order chi connectivity index (χ0) is 20.0. The average molecular weight is 403 g/mol. The standard InChI is InChI=1S/C18H21N5O4S/c1-20-14(5-15(24)21(2)18(20)27)17(26)22-6-11-3-4-13(8-22)23(16(11)25)7-12-9-28-10-19-12/h5,9-11,13H,3-4,6-8H2,1-2H3/t11-,13+/m0/s1. The molecular weight excluding hydrogens is 382 g/mol. The highest BCUT2D eigenvalue weighted by Gasteiger charge is 2.42. The third-order valence-electron chi connectivity index (χ3n) is 5.64. The predicted molar refractivity (Wildman–Crippen MR) is 102 cm³/mol. The monoisotopic (exact) mass is 403 g/mol. The van der Waals surface area contributed by atoms with Crippen molar-refractivity contribution in [2.75, 3.05) is 13.1 Å². The highest BCUT2D eigenvalue weighted by molar-refractivity contribution is 7.07. The Hall–Kier alpha value is -2.75. The summed E-state index contributed by atoms with van der Waals surface area (Å²) in [4.78, 5) is 57.9. The van der Waals surface area contributed by atoms with Crippen molar-refractivity contribution in [3.8, 4) is 0 Å². The van der Waals surface area contributed by atoms with Gasteiger partial charge in [0.25, 0.3) is 11.5 Å². The normalized spacial score (nSPS) is 21.9. The molecule has 5 rings (SSSR count). The van der Waals surface area contributed by atoms with Crippen molar-refractivity contribution in [1.82, 2.24) is 23.9 Å². The van der Waals surface area contributed by atoms with Gasteiger partial charge in [0.2, 0.25) is 5.91 Å². The Bertz CT molecular complexity index is 1040. The van der Waals surface area contributed by atoms with Gasteiger partial charge in [-0.3, -0.25) is 23.5 Å². The lowest BCUT2D eigenvalue weighted by molar-refractivity contribution is -0.140. The highest BCUT2D eigenvalue weighted by Crippen LogP contribution is 2.31. The largest absolute Gasteiger partial charge is 0.335 e.